The molecule has 4 N–H and O–H groups in total. The standard InChI is InChI=1S/C30H30N4O4/c1-38-29(36)20-12-17-24-25(18-20)34-28(35)26(24)27(19-8-4-2-5-9-19)31-22-13-15-23(16-14-22)33-30(37)32-21-10-6-3-7-11-21/h2,4-5,8-9,12-18,21,34-35H,3,6-7,10-11H2,1H3,(H2,32,33,37). The van der Waals surface area contributed by atoms with E-state index in [1.807, 2.05) is 42.5 Å². The molecule has 1 saturated carbocycles. The summed E-state index contributed by atoms with van der Waals surface area (Å²) in [5.41, 5.74) is 4.20. The minimum atomic E-state index is -0.458. The van der Waals surface area contributed by atoms with Gasteiger partial charge in [-0.15, -0.1) is 0 Å². The third kappa shape index (κ3) is 5.54. The number of nitrogens with one attached hydrogen (secondary N) is 3. The summed E-state index contributed by atoms with van der Waals surface area (Å²) in [6.07, 6.45) is 5.58. The summed E-state index contributed by atoms with van der Waals surface area (Å²) in [6.45, 7) is 0. The smallest absolute Gasteiger partial charge is 0.337 e. The third-order valence-corrected chi connectivity index (χ3v) is 6.79. The fourth-order valence-corrected chi connectivity index (χ4v) is 4.88. The van der Waals surface area contributed by atoms with E-state index in [1.165, 1.54) is 13.5 Å². The second-order valence-corrected chi connectivity index (χ2v) is 9.41. The number of rotatable bonds is 6. The van der Waals surface area contributed by atoms with E-state index in [1.54, 1.807) is 30.3 Å². The van der Waals surface area contributed by atoms with Crippen LogP contribution in [0.25, 0.3) is 10.9 Å². The highest BCUT2D eigenvalue weighted by Crippen LogP contribution is 2.32. The molecule has 1 aromatic heterocycles. The van der Waals surface area contributed by atoms with Crippen molar-refractivity contribution in [2.24, 2.45) is 4.99 Å². The van der Waals surface area contributed by atoms with Gasteiger partial charge in [0.1, 0.15) is 0 Å². The van der Waals surface area contributed by atoms with Gasteiger partial charge in [-0.25, -0.2) is 14.6 Å². The van der Waals surface area contributed by atoms with Crippen molar-refractivity contribution in [3.05, 3.63) is 89.5 Å². The number of carbonyl (C=O) groups is 2. The summed E-state index contributed by atoms with van der Waals surface area (Å²) >= 11 is 0. The first-order chi connectivity index (χ1) is 18.5. The van der Waals surface area contributed by atoms with Crippen LogP contribution in [0.5, 0.6) is 5.88 Å². The van der Waals surface area contributed by atoms with E-state index < -0.39 is 5.97 Å². The summed E-state index contributed by atoms with van der Waals surface area (Å²) in [5.74, 6) is -0.511. The molecular weight excluding hydrogens is 480 g/mol. The van der Waals surface area contributed by atoms with Gasteiger partial charge < -0.3 is 25.5 Å². The molecule has 0 aliphatic heterocycles. The lowest BCUT2D eigenvalue weighted by Crippen LogP contribution is -2.38. The zero-order valence-electron chi connectivity index (χ0n) is 21.2. The molecule has 38 heavy (non-hydrogen) atoms. The van der Waals surface area contributed by atoms with Crippen molar-refractivity contribution in [3.63, 3.8) is 0 Å². The fraction of sp³-hybridized carbons (Fsp3) is 0.233. The maximum atomic E-state index is 12.4. The molecule has 1 fully saturated rings. The number of aromatic nitrogens is 1. The lowest BCUT2D eigenvalue weighted by Gasteiger charge is -2.22. The normalized spacial score (nSPS) is 14.3. The van der Waals surface area contributed by atoms with E-state index in [0.717, 1.165) is 36.6 Å². The number of carbonyl (C=O) groups excluding carboxylic acids is 2. The average Bonchev–Trinajstić information content (AvgIpc) is 3.27. The summed E-state index contributed by atoms with van der Waals surface area (Å²) in [7, 11) is 1.33. The molecule has 4 aromatic rings. The zero-order chi connectivity index (χ0) is 26.5. The molecule has 5 rings (SSSR count). The molecular formula is C30H30N4O4. The molecule has 0 unspecified atom stereocenters. The number of H-pyrrole nitrogens is 1. The highest BCUT2D eigenvalue weighted by atomic mass is 16.5. The SMILES string of the molecule is COC(=O)c1ccc2c(C(=Nc3ccc(NC(=O)NC4CCCCC4)cc3)c3ccccc3)c(O)[nH]c2c1. The number of ether oxygens (including phenoxy) is 1. The molecule has 1 aliphatic carbocycles. The van der Waals surface area contributed by atoms with E-state index >= 15 is 0 Å². The van der Waals surface area contributed by atoms with Gasteiger partial charge in [-0.2, -0.15) is 0 Å². The Bertz CT molecular complexity index is 1470. The van der Waals surface area contributed by atoms with Crippen molar-refractivity contribution in [3.8, 4) is 5.88 Å². The van der Waals surface area contributed by atoms with Crippen LogP contribution < -0.4 is 10.6 Å². The van der Waals surface area contributed by atoms with Crippen molar-refractivity contribution in [1.29, 1.82) is 0 Å². The van der Waals surface area contributed by atoms with Crippen molar-refractivity contribution < 1.29 is 19.4 Å². The van der Waals surface area contributed by atoms with Crippen LogP contribution in [0.4, 0.5) is 16.2 Å². The monoisotopic (exact) mass is 510 g/mol. The van der Waals surface area contributed by atoms with Crippen LogP contribution in [-0.4, -0.2) is 41.0 Å². The summed E-state index contributed by atoms with van der Waals surface area (Å²) < 4.78 is 4.82. The summed E-state index contributed by atoms with van der Waals surface area (Å²) in [6, 6.07) is 21.9. The Hall–Kier alpha value is -4.59. The molecule has 0 radical (unpaired) electrons. The molecule has 2 amide bonds. The van der Waals surface area contributed by atoms with Crippen LogP contribution in [0.3, 0.4) is 0 Å². The molecule has 194 valence electrons. The van der Waals surface area contributed by atoms with Gasteiger partial charge in [0.05, 0.1) is 29.6 Å². The number of hydrogen-bond acceptors (Lipinski definition) is 5. The number of nitrogens with zero attached hydrogens (tertiary/aromatic N) is 1. The number of aromatic hydroxyl groups is 1. The van der Waals surface area contributed by atoms with Crippen molar-refractivity contribution in [2.45, 2.75) is 38.1 Å². The van der Waals surface area contributed by atoms with Crippen molar-refractivity contribution in [1.82, 2.24) is 10.3 Å². The number of aliphatic imine (C=N–C) groups is 1. The van der Waals surface area contributed by atoms with Crippen LogP contribution in [0.2, 0.25) is 0 Å². The minimum absolute atomic E-state index is 0.0534. The molecule has 3 aromatic carbocycles. The summed E-state index contributed by atoms with van der Waals surface area (Å²) in [4.78, 5) is 32.3. The molecule has 0 atom stereocenters. The highest BCUT2D eigenvalue weighted by Gasteiger charge is 2.20. The van der Waals surface area contributed by atoms with Crippen LogP contribution in [0.15, 0.2) is 77.8 Å². The molecule has 1 aliphatic rings. The number of hydrogen-bond donors (Lipinski definition) is 4. The first-order valence-electron chi connectivity index (χ1n) is 12.8. The lowest BCUT2D eigenvalue weighted by molar-refractivity contribution is 0.0601. The molecule has 8 nitrogen and oxygen atoms in total. The van der Waals surface area contributed by atoms with Gasteiger partial charge in [-0.05, 0) is 49.2 Å². The van der Waals surface area contributed by atoms with Crippen LogP contribution in [-0.2, 0) is 4.74 Å². The Balaban J connectivity index is 1.44. The van der Waals surface area contributed by atoms with Crippen molar-refractivity contribution in [2.75, 3.05) is 12.4 Å². The number of methoxy groups -OCH3 is 1. The van der Waals surface area contributed by atoms with E-state index in [0.29, 0.717) is 33.7 Å². The Labute approximate surface area is 220 Å². The minimum Gasteiger partial charge on any atom is -0.494 e. The average molecular weight is 511 g/mol. The van der Waals surface area contributed by atoms with Crippen LogP contribution in [0, 0.1) is 0 Å². The van der Waals surface area contributed by atoms with Gasteiger partial charge in [-0.3, -0.25) is 0 Å². The number of benzene rings is 3. The quantitative estimate of drug-likeness (QED) is 0.180. The highest BCUT2D eigenvalue weighted by molar-refractivity contribution is 6.22. The lowest BCUT2D eigenvalue weighted by atomic mass is 9.96. The van der Waals surface area contributed by atoms with Gasteiger partial charge in [0.2, 0.25) is 0 Å². The van der Waals surface area contributed by atoms with E-state index in [2.05, 4.69) is 15.6 Å². The van der Waals surface area contributed by atoms with Crippen LogP contribution in [0.1, 0.15) is 53.6 Å². The maximum absolute atomic E-state index is 12.4. The Kier molecular flexibility index (Phi) is 7.40. The van der Waals surface area contributed by atoms with Gasteiger partial charge in [0.15, 0.2) is 5.88 Å². The number of amides is 2. The zero-order valence-corrected chi connectivity index (χ0v) is 21.2. The largest absolute Gasteiger partial charge is 0.494 e. The number of aromatic amines is 1. The first-order valence-corrected chi connectivity index (χ1v) is 12.8. The molecule has 1 heterocycles. The Morgan fingerprint density at radius 1 is 0.947 bits per heavy atom. The number of urea groups is 1. The predicted octanol–water partition coefficient (Wildman–Crippen LogP) is 6.28. The maximum Gasteiger partial charge on any atom is 0.337 e. The second-order valence-electron chi connectivity index (χ2n) is 9.41. The summed E-state index contributed by atoms with van der Waals surface area (Å²) in [5, 5.41) is 17.6. The van der Waals surface area contributed by atoms with Gasteiger partial charge in [-0.1, -0.05) is 55.7 Å². The number of esters is 1. The Morgan fingerprint density at radius 3 is 2.39 bits per heavy atom. The molecule has 0 spiro atoms. The van der Waals surface area contributed by atoms with Gasteiger partial charge >= 0.3 is 12.0 Å². The first kappa shape index (κ1) is 25.1. The Morgan fingerprint density at radius 2 is 1.68 bits per heavy atom. The predicted molar refractivity (Wildman–Crippen MR) is 149 cm³/mol. The topological polar surface area (TPSA) is 116 Å². The van der Waals surface area contributed by atoms with E-state index in [-0.39, 0.29) is 18.0 Å². The van der Waals surface area contributed by atoms with E-state index in [9.17, 15) is 14.7 Å². The van der Waals surface area contributed by atoms with Crippen molar-refractivity contribution >= 4 is 40.0 Å². The fourth-order valence-electron chi connectivity index (χ4n) is 4.88. The molecule has 0 bridgehead atoms. The second kappa shape index (κ2) is 11.2. The number of anilines is 1. The number of fused-ring (bicyclic) bond motifs is 1. The molecule has 0 saturated heterocycles. The van der Waals surface area contributed by atoms with Gasteiger partial charge in [0.25, 0.3) is 0 Å². The van der Waals surface area contributed by atoms with Crippen LogP contribution >= 0.6 is 0 Å². The molecule has 8 heteroatoms. The van der Waals surface area contributed by atoms with E-state index in [4.69, 9.17) is 9.73 Å². The third-order valence-electron chi connectivity index (χ3n) is 6.79. The van der Waals surface area contributed by atoms with Gasteiger partial charge in [0, 0.05) is 28.2 Å².